The lowest BCUT2D eigenvalue weighted by atomic mass is 10.5. The molecule has 68 valence electrons. The Hall–Kier alpha value is -1.29. The molecule has 5 heteroatoms. The molecule has 2 aromatic rings. The Kier molecular flexibility index (Phi) is 2.06. The number of rotatable bonds is 2. The number of nitrogens with zero attached hydrogens (tertiary/aromatic N) is 3. The number of halogens is 1. The second kappa shape index (κ2) is 3.22. The first-order chi connectivity index (χ1) is 6.29. The molecule has 2 rings (SSSR count). The Morgan fingerprint density at radius 3 is 3.00 bits per heavy atom. The average molecular weight is 198 g/mol. The van der Waals surface area contributed by atoms with Crippen LogP contribution in [0.4, 0.5) is 0 Å². The maximum atomic E-state index is 5.58. The van der Waals surface area contributed by atoms with Crippen LogP contribution in [0.15, 0.2) is 22.9 Å². The standard InChI is InChI=1S/C8H8ClN3O/c1-6-2-3-12(11-6)8-10-7(4-9)5-13-8/h2-3,5H,4H2,1H3. The van der Waals surface area contributed by atoms with E-state index in [9.17, 15) is 0 Å². The molecule has 0 amide bonds. The molecule has 13 heavy (non-hydrogen) atoms. The lowest BCUT2D eigenvalue weighted by Crippen LogP contribution is -1.95. The Labute approximate surface area is 80.1 Å². The summed E-state index contributed by atoms with van der Waals surface area (Å²) in [6.07, 6.45) is 3.32. The highest BCUT2D eigenvalue weighted by atomic mass is 35.5. The zero-order chi connectivity index (χ0) is 9.26. The van der Waals surface area contributed by atoms with Gasteiger partial charge in [-0.1, -0.05) is 0 Å². The fourth-order valence-corrected chi connectivity index (χ4v) is 1.11. The second-order valence-electron chi connectivity index (χ2n) is 2.66. The molecule has 0 aromatic carbocycles. The topological polar surface area (TPSA) is 43.9 Å². The van der Waals surface area contributed by atoms with Gasteiger partial charge in [-0.3, -0.25) is 0 Å². The molecule has 4 nitrogen and oxygen atoms in total. The van der Waals surface area contributed by atoms with E-state index < -0.39 is 0 Å². The molecule has 0 aliphatic heterocycles. The summed E-state index contributed by atoms with van der Waals surface area (Å²) < 4.78 is 6.73. The fourth-order valence-electron chi connectivity index (χ4n) is 0.984. The Bertz CT molecular complexity index is 407. The molecule has 0 N–H and O–H groups in total. The lowest BCUT2D eigenvalue weighted by molar-refractivity contribution is 0.508. The van der Waals surface area contributed by atoms with Crippen molar-refractivity contribution < 1.29 is 4.42 Å². The van der Waals surface area contributed by atoms with Crippen molar-refractivity contribution in [1.29, 1.82) is 0 Å². The number of hydrogen-bond acceptors (Lipinski definition) is 3. The molecular formula is C8H8ClN3O. The van der Waals surface area contributed by atoms with Crippen LogP contribution in [0.2, 0.25) is 0 Å². The van der Waals surface area contributed by atoms with Crippen LogP contribution in [-0.4, -0.2) is 14.8 Å². The van der Waals surface area contributed by atoms with Gasteiger partial charge in [0.15, 0.2) is 0 Å². The molecule has 0 fully saturated rings. The van der Waals surface area contributed by atoms with E-state index in [1.807, 2.05) is 13.0 Å². The Morgan fingerprint density at radius 1 is 1.62 bits per heavy atom. The molecule has 0 radical (unpaired) electrons. The smallest absolute Gasteiger partial charge is 0.322 e. The number of alkyl halides is 1. The van der Waals surface area contributed by atoms with Crippen LogP contribution >= 0.6 is 11.6 Å². The van der Waals surface area contributed by atoms with Gasteiger partial charge in [0.05, 0.1) is 17.3 Å². The van der Waals surface area contributed by atoms with Gasteiger partial charge in [0.2, 0.25) is 0 Å². The molecule has 0 aliphatic rings. The Balaban J connectivity index is 2.35. The van der Waals surface area contributed by atoms with Crippen LogP contribution in [0, 0.1) is 6.92 Å². The molecule has 0 aliphatic carbocycles. The van der Waals surface area contributed by atoms with Crippen molar-refractivity contribution in [2.24, 2.45) is 0 Å². The maximum absolute atomic E-state index is 5.58. The summed E-state index contributed by atoms with van der Waals surface area (Å²) in [6.45, 7) is 1.90. The van der Waals surface area contributed by atoms with Crippen LogP contribution < -0.4 is 0 Å². The third kappa shape index (κ3) is 1.58. The van der Waals surface area contributed by atoms with Gasteiger partial charge in [0.1, 0.15) is 6.26 Å². The summed E-state index contributed by atoms with van der Waals surface area (Å²) in [4.78, 5) is 4.11. The minimum atomic E-state index is 0.351. The normalized spacial score (nSPS) is 10.6. The number of aryl methyl sites for hydroxylation is 1. The molecule has 0 bridgehead atoms. The van der Waals surface area contributed by atoms with E-state index in [1.54, 1.807) is 10.9 Å². The number of hydrogen-bond donors (Lipinski definition) is 0. The summed E-state index contributed by atoms with van der Waals surface area (Å²) in [6, 6.07) is 2.33. The summed E-state index contributed by atoms with van der Waals surface area (Å²) in [5.74, 6) is 0.351. The molecule has 0 atom stereocenters. The van der Waals surface area contributed by atoms with E-state index in [1.165, 1.54) is 6.26 Å². The van der Waals surface area contributed by atoms with Gasteiger partial charge >= 0.3 is 6.01 Å². The van der Waals surface area contributed by atoms with Gasteiger partial charge in [0, 0.05) is 6.20 Å². The highest BCUT2D eigenvalue weighted by Crippen LogP contribution is 2.09. The monoisotopic (exact) mass is 197 g/mol. The van der Waals surface area contributed by atoms with Crippen molar-refractivity contribution in [3.05, 3.63) is 29.9 Å². The maximum Gasteiger partial charge on any atom is 0.322 e. The van der Waals surface area contributed by atoms with E-state index in [-0.39, 0.29) is 0 Å². The number of aromatic nitrogens is 3. The van der Waals surface area contributed by atoms with Gasteiger partial charge in [-0.15, -0.1) is 11.6 Å². The van der Waals surface area contributed by atoms with Gasteiger partial charge < -0.3 is 4.42 Å². The first-order valence-corrected chi connectivity index (χ1v) is 4.36. The fraction of sp³-hybridized carbons (Fsp3) is 0.250. The molecule has 2 aromatic heterocycles. The van der Waals surface area contributed by atoms with Crippen molar-refractivity contribution in [3.63, 3.8) is 0 Å². The SMILES string of the molecule is Cc1ccn(-c2nc(CCl)co2)n1. The van der Waals surface area contributed by atoms with Crippen LogP contribution in [0.3, 0.4) is 0 Å². The van der Waals surface area contributed by atoms with Gasteiger partial charge in [0.25, 0.3) is 0 Å². The van der Waals surface area contributed by atoms with Crippen LogP contribution in [0.5, 0.6) is 0 Å². The van der Waals surface area contributed by atoms with Crippen molar-refractivity contribution in [2.45, 2.75) is 12.8 Å². The third-order valence-electron chi connectivity index (χ3n) is 1.59. The predicted octanol–water partition coefficient (Wildman–Crippen LogP) is 1.91. The average Bonchev–Trinajstić information content (AvgIpc) is 2.71. The second-order valence-corrected chi connectivity index (χ2v) is 2.92. The largest absolute Gasteiger partial charge is 0.430 e. The summed E-state index contributed by atoms with van der Waals surface area (Å²) in [7, 11) is 0. The molecular weight excluding hydrogens is 190 g/mol. The summed E-state index contributed by atoms with van der Waals surface area (Å²) in [5, 5.41) is 4.15. The van der Waals surface area contributed by atoms with Gasteiger partial charge in [-0.05, 0) is 13.0 Å². The molecule has 0 saturated carbocycles. The van der Waals surface area contributed by atoms with E-state index in [0.717, 1.165) is 5.69 Å². The van der Waals surface area contributed by atoms with Crippen LogP contribution in [0.1, 0.15) is 11.4 Å². The molecule has 0 saturated heterocycles. The summed E-state index contributed by atoms with van der Waals surface area (Å²) in [5.41, 5.74) is 1.63. The van der Waals surface area contributed by atoms with Crippen molar-refractivity contribution in [1.82, 2.24) is 14.8 Å². The van der Waals surface area contributed by atoms with Crippen molar-refractivity contribution in [3.8, 4) is 6.01 Å². The van der Waals surface area contributed by atoms with E-state index in [4.69, 9.17) is 16.0 Å². The van der Waals surface area contributed by atoms with Gasteiger partial charge in [-0.25, -0.2) is 0 Å². The van der Waals surface area contributed by atoms with Crippen molar-refractivity contribution >= 4 is 11.6 Å². The first-order valence-electron chi connectivity index (χ1n) is 3.82. The van der Waals surface area contributed by atoms with Crippen LogP contribution in [-0.2, 0) is 5.88 Å². The predicted molar refractivity (Wildman–Crippen MR) is 47.9 cm³/mol. The molecule has 2 heterocycles. The zero-order valence-electron chi connectivity index (χ0n) is 7.07. The minimum Gasteiger partial charge on any atom is -0.430 e. The molecule has 0 spiro atoms. The van der Waals surface area contributed by atoms with E-state index in [0.29, 0.717) is 17.6 Å². The quantitative estimate of drug-likeness (QED) is 0.691. The Morgan fingerprint density at radius 2 is 2.46 bits per heavy atom. The zero-order valence-corrected chi connectivity index (χ0v) is 7.82. The molecule has 0 unspecified atom stereocenters. The van der Waals surface area contributed by atoms with E-state index in [2.05, 4.69) is 10.1 Å². The summed E-state index contributed by atoms with van der Waals surface area (Å²) >= 11 is 5.58. The number of oxazole rings is 1. The van der Waals surface area contributed by atoms with Gasteiger partial charge in [-0.2, -0.15) is 14.8 Å². The highest BCUT2D eigenvalue weighted by molar-refractivity contribution is 6.16. The van der Waals surface area contributed by atoms with Crippen LogP contribution in [0.25, 0.3) is 6.01 Å². The van der Waals surface area contributed by atoms with E-state index >= 15 is 0 Å². The highest BCUT2D eigenvalue weighted by Gasteiger charge is 2.05. The van der Waals surface area contributed by atoms with Crippen molar-refractivity contribution in [2.75, 3.05) is 0 Å². The third-order valence-corrected chi connectivity index (χ3v) is 1.87. The first kappa shape index (κ1) is 8.31. The minimum absolute atomic E-state index is 0.351. The lowest BCUT2D eigenvalue weighted by Gasteiger charge is -1.90.